The van der Waals surface area contributed by atoms with E-state index in [2.05, 4.69) is 40.8 Å². The van der Waals surface area contributed by atoms with Crippen molar-refractivity contribution in [2.45, 2.75) is 19.9 Å². The van der Waals surface area contributed by atoms with Crippen LogP contribution >= 0.6 is 0 Å². The maximum atomic E-state index is 5.48. The van der Waals surface area contributed by atoms with Gasteiger partial charge in [-0.15, -0.1) is 0 Å². The van der Waals surface area contributed by atoms with Crippen LogP contribution in [0, 0.1) is 0 Å². The van der Waals surface area contributed by atoms with Crippen molar-refractivity contribution in [3.05, 3.63) is 36.5 Å². The van der Waals surface area contributed by atoms with E-state index in [-0.39, 0.29) is 0 Å². The first kappa shape index (κ1) is 12.3. The highest BCUT2D eigenvalue weighted by Gasteiger charge is 2.30. The monoisotopic (exact) mass is 283 g/mol. The molecule has 0 amide bonds. The first-order valence-electron chi connectivity index (χ1n) is 7.13. The number of hydrogen-bond donors (Lipinski definition) is 0. The number of pyridine rings is 1. The summed E-state index contributed by atoms with van der Waals surface area (Å²) in [6.45, 7) is 5.48. The molecule has 0 unspecified atom stereocenters. The summed E-state index contributed by atoms with van der Waals surface area (Å²) in [6.07, 6.45) is 1.84. The van der Waals surface area contributed by atoms with Crippen molar-refractivity contribution >= 4 is 17.2 Å². The molecule has 21 heavy (non-hydrogen) atoms. The molecule has 0 radical (unpaired) electrons. The lowest BCUT2D eigenvalue weighted by molar-refractivity contribution is 0.174. The predicted octanol–water partition coefficient (Wildman–Crippen LogP) is 3.13. The molecule has 0 N–H and O–H groups in total. The standard InChI is InChI=1S/C16H17N3O2/c1-11(2)18-9-19(16-13(18)4-3-7-17-16)12-5-6-14-15(8-12)21-10-20-14/h3-8,11H,9-10H2,1-2H3. The van der Waals surface area contributed by atoms with E-state index in [9.17, 15) is 0 Å². The van der Waals surface area contributed by atoms with Crippen LogP contribution in [0.3, 0.4) is 0 Å². The zero-order valence-electron chi connectivity index (χ0n) is 12.1. The summed E-state index contributed by atoms with van der Waals surface area (Å²) in [6, 6.07) is 10.6. The summed E-state index contributed by atoms with van der Waals surface area (Å²) in [7, 11) is 0. The fourth-order valence-electron chi connectivity index (χ4n) is 2.81. The summed E-state index contributed by atoms with van der Waals surface area (Å²) in [4.78, 5) is 9.10. The van der Waals surface area contributed by atoms with E-state index in [0.717, 1.165) is 29.7 Å². The Kier molecular flexibility index (Phi) is 2.67. The van der Waals surface area contributed by atoms with Crippen molar-refractivity contribution in [3.8, 4) is 11.5 Å². The summed E-state index contributed by atoms with van der Waals surface area (Å²) < 4.78 is 10.9. The smallest absolute Gasteiger partial charge is 0.231 e. The Hall–Kier alpha value is -2.43. The zero-order valence-corrected chi connectivity index (χ0v) is 12.1. The minimum atomic E-state index is 0.297. The van der Waals surface area contributed by atoms with Gasteiger partial charge in [-0.1, -0.05) is 0 Å². The van der Waals surface area contributed by atoms with Gasteiger partial charge in [0.2, 0.25) is 6.79 Å². The van der Waals surface area contributed by atoms with Gasteiger partial charge in [-0.05, 0) is 38.1 Å². The van der Waals surface area contributed by atoms with Crippen molar-refractivity contribution in [1.82, 2.24) is 4.98 Å². The Morgan fingerprint density at radius 3 is 2.86 bits per heavy atom. The Balaban J connectivity index is 1.76. The number of fused-ring (bicyclic) bond motifs is 2. The summed E-state index contributed by atoms with van der Waals surface area (Å²) >= 11 is 0. The summed E-state index contributed by atoms with van der Waals surface area (Å²) in [5.41, 5.74) is 2.24. The average molecular weight is 283 g/mol. The van der Waals surface area contributed by atoms with Crippen LogP contribution in [-0.2, 0) is 0 Å². The van der Waals surface area contributed by atoms with Crippen LogP contribution in [0.25, 0.3) is 0 Å². The molecule has 0 saturated carbocycles. The number of benzene rings is 1. The molecule has 0 saturated heterocycles. The predicted molar refractivity (Wildman–Crippen MR) is 81.4 cm³/mol. The SMILES string of the molecule is CC(C)N1CN(c2ccc3c(c2)OCO3)c2ncccc21. The van der Waals surface area contributed by atoms with Crippen molar-refractivity contribution in [1.29, 1.82) is 0 Å². The first-order chi connectivity index (χ1) is 10.2. The molecule has 0 bridgehead atoms. The highest BCUT2D eigenvalue weighted by atomic mass is 16.7. The quantitative estimate of drug-likeness (QED) is 0.846. The number of ether oxygens (including phenoxy) is 2. The topological polar surface area (TPSA) is 37.8 Å². The van der Waals surface area contributed by atoms with E-state index in [1.807, 2.05) is 24.4 Å². The van der Waals surface area contributed by atoms with Crippen LogP contribution in [0.2, 0.25) is 0 Å². The summed E-state index contributed by atoms with van der Waals surface area (Å²) in [5, 5.41) is 0. The van der Waals surface area contributed by atoms with Gasteiger partial charge in [-0.3, -0.25) is 0 Å². The summed E-state index contributed by atoms with van der Waals surface area (Å²) in [5.74, 6) is 2.60. The lowest BCUT2D eigenvalue weighted by Crippen LogP contribution is -2.33. The number of nitrogens with zero attached hydrogens (tertiary/aromatic N) is 3. The lowest BCUT2D eigenvalue weighted by atomic mass is 10.2. The van der Waals surface area contributed by atoms with E-state index >= 15 is 0 Å². The van der Waals surface area contributed by atoms with Gasteiger partial charge < -0.3 is 19.3 Å². The fourth-order valence-corrected chi connectivity index (χ4v) is 2.81. The van der Waals surface area contributed by atoms with Gasteiger partial charge in [0.15, 0.2) is 17.3 Å². The van der Waals surface area contributed by atoms with E-state index in [4.69, 9.17) is 9.47 Å². The highest BCUT2D eigenvalue weighted by Crippen LogP contribution is 2.42. The Morgan fingerprint density at radius 2 is 2.00 bits per heavy atom. The molecule has 0 spiro atoms. The van der Waals surface area contributed by atoms with Gasteiger partial charge in [0.1, 0.15) is 0 Å². The van der Waals surface area contributed by atoms with Crippen LogP contribution < -0.4 is 19.3 Å². The van der Waals surface area contributed by atoms with Gasteiger partial charge in [0.05, 0.1) is 12.4 Å². The second kappa shape index (κ2) is 4.55. The molecule has 108 valence electrons. The molecule has 0 fully saturated rings. The number of rotatable bonds is 2. The van der Waals surface area contributed by atoms with Crippen LogP contribution in [0.1, 0.15) is 13.8 Å². The third kappa shape index (κ3) is 1.88. The number of anilines is 3. The van der Waals surface area contributed by atoms with E-state index in [0.29, 0.717) is 12.8 Å². The minimum Gasteiger partial charge on any atom is -0.454 e. The van der Waals surface area contributed by atoms with Crippen molar-refractivity contribution in [2.75, 3.05) is 23.3 Å². The van der Waals surface area contributed by atoms with Crippen LogP contribution in [-0.4, -0.2) is 24.5 Å². The maximum absolute atomic E-state index is 5.48. The van der Waals surface area contributed by atoms with Crippen LogP contribution in [0.5, 0.6) is 11.5 Å². The number of aromatic nitrogens is 1. The van der Waals surface area contributed by atoms with Gasteiger partial charge in [0.25, 0.3) is 0 Å². The van der Waals surface area contributed by atoms with Crippen LogP contribution in [0.15, 0.2) is 36.5 Å². The lowest BCUT2D eigenvalue weighted by Gasteiger charge is -2.24. The normalized spacial score (nSPS) is 15.8. The third-order valence-electron chi connectivity index (χ3n) is 3.92. The fraction of sp³-hybridized carbons (Fsp3) is 0.312. The zero-order chi connectivity index (χ0) is 14.4. The largest absolute Gasteiger partial charge is 0.454 e. The molecule has 2 aromatic rings. The molecule has 5 nitrogen and oxygen atoms in total. The Bertz CT molecular complexity index is 687. The van der Waals surface area contributed by atoms with E-state index in [1.165, 1.54) is 5.69 Å². The Morgan fingerprint density at radius 1 is 1.14 bits per heavy atom. The van der Waals surface area contributed by atoms with Gasteiger partial charge >= 0.3 is 0 Å². The molecule has 5 heteroatoms. The second-order valence-electron chi connectivity index (χ2n) is 5.52. The molecule has 2 aliphatic heterocycles. The minimum absolute atomic E-state index is 0.297. The number of hydrogen-bond acceptors (Lipinski definition) is 5. The molecule has 0 aliphatic carbocycles. The molecule has 1 aromatic heterocycles. The Labute approximate surface area is 123 Å². The second-order valence-corrected chi connectivity index (χ2v) is 5.52. The van der Waals surface area contributed by atoms with E-state index < -0.39 is 0 Å². The van der Waals surface area contributed by atoms with E-state index in [1.54, 1.807) is 0 Å². The first-order valence-corrected chi connectivity index (χ1v) is 7.13. The van der Waals surface area contributed by atoms with Gasteiger partial charge in [0, 0.05) is 24.0 Å². The van der Waals surface area contributed by atoms with Gasteiger partial charge in [-0.2, -0.15) is 0 Å². The maximum Gasteiger partial charge on any atom is 0.231 e. The molecule has 2 aliphatic rings. The van der Waals surface area contributed by atoms with Crippen molar-refractivity contribution in [3.63, 3.8) is 0 Å². The highest BCUT2D eigenvalue weighted by molar-refractivity contribution is 5.80. The van der Waals surface area contributed by atoms with Crippen molar-refractivity contribution in [2.24, 2.45) is 0 Å². The molecule has 3 heterocycles. The molecular formula is C16H17N3O2. The third-order valence-corrected chi connectivity index (χ3v) is 3.92. The molecular weight excluding hydrogens is 266 g/mol. The van der Waals surface area contributed by atoms with Gasteiger partial charge in [-0.25, -0.2) is 4.98 Å². The molecule has 1 aromatic carbocycles. The molecule has 0 atom stereocenters. The molecule has 4 rings (SSSR count). The van der Waals surface area contributed by atoms with Crippen molar-refractivity contribution < 1.29 is 9.47 Å². The average Bonchev–Trinajstić information content (AvgIpc) is 3.10. The van der Waals surface area contributed by atoms with Crippen LogP contribution in [0.4, 0.5) is 17.2 Å².